The standard InChI is InChI=1S/C17H20FNO3S/c1-13(2)23(20,21)22-17-5-3-4-15(10-17)12-19-11-14-6-8-16(18)9-7-14/h3-10,13,19H,11-12H2,1-2H3. The fraction of sp³-hybridized carbons (Fsp3) is 0.294. The van der Waals surface area contributed by atoms with Crippen LogP contribution in [-0.4, -0.2) is 13.7 Å². The number of hydrogen-bond donors (Lipinski definition) is 1. The summed E-state index contributed by atoms with van der Waals surface area (Å²) in [6, 6.07) is 13.2. The van der Waals surface area contributed by atoms with Gasteiger partial charge in [0.05, 0.1) is 5.25 Å². The highest BCUT2D eigenvalue weighted by Gasteiger charge is 2.18. The van der Waals surface area contributed by atoms with Gasteiger partial charge in [-0.15, -0.1) is 0 Å². The minimum absolute atomic E-state index is 0.259. The van der Waals surface area contributed by atoms with Gasteiger partial charge in [-0.25, -0.2) is 4.39 Å². The maximum absolute atomic E-state index is 12.8. The van der Waals surface area contributed by atoms with E-state index in [0.717, 1.165) is 11.1 Å². The molecule has 0 aliphatic carbocycles. The van der Waals surface area contributed by atoms with E-state index < -0.39 is 15.4 Å². The molecular weight excluding hydrogens is 317 g/mol. The second-order valence-electron chi connectivity index (χ2n) is 5.50. The van der Waals surface area contributed by atoms with Gasteiger partial charge in [-0.05, 0) is 49.2 Å². The summed E-state index contributed by atoms with van der Waals surface area (Å²) in [6.45, 7) is 4.29. The number of halogens is 1. The van der Waals surface area contributed by atoms with Gasteiger partial charge in [0.15, 0.2) is 0 Å². The lowest BCUT2D eigenvalue weighted by Crippen LogP contribution is -2.20. The smallest absolute Gasteiger partial charge is 0.311 e. The lowest BCUT2D eigenvalue weighted by molar-refractivity contribution is 0.476. The van der Waals surface area contributed by atoms with Gasteiger partial charge in [0.2, 0.25) is 0 Å². The van der Waals surface area contributed by atoms with Crippen LogP contribution >= 0.6 is 0 Å². The van der Waals surface area contributed by atoms with Crippen molar-refractivity contribution >= 4 is 10.1 Å². The summed E-state index contributed by atoms with van der Waals surface area (Å²) in [5.41, 5.74) is 1.88. The van der Waals surface area contributed by atoms with Gasteiger partial charge in [-0.2, -0.15) is 8.42 Å². The molecule has 0 heterocycles. The predicted molar refractivity (Wildman–Crippen MR) is 88.1 cm³/mol. The molecule has 0 atom stereocenters. The summed E-state index contributed by atoms with van der Waals surface area (Å²) < 4.78 is 41.4. The van der Waals surface area contributed by atoms with Crippen LogP contribution in [0.25, 0.3) is 0 Å². The van der Waals surface area contributed by atoms with Crippen LogP contribution in [0.15, 0.2) is 48.5 Å². The van der Waals surface area contributed by atoms with Gasteiger partial charge >= 0.3 is 10.1 Å². The van der Waals surface area contributed by atoms with Crippen molar-refractivity contribution in [1.82, 2.24) is 5.32 Å². The number of hydrogen-bond acceptors (Lipinski definition) is 4. The van der Waals surface area contributed by atoms with Gasteiger partial charge < -0.3 is 9.50 Å². The molecule has 0 aliphatic rings. The zero-order valence-electron chi connectivity index (χ0n) is 13.1. The molecule has 0 fully saturated rings. The molecule has 124 valence electrons. The average Bonchev–Trinajstić information content (AvgIpc) is 2.49. The summed E-state index contributed by atoms with van der Waals surface area (Å²) in [5.74, 6) is 0.0461. The van der Waals surface area contributed by atoms with Crippen molar-refractivity contribution in [3.8, 4) is 5.75 Å². The van der Waals surface area contributed by atoms with Crippen LogP contribution in [0.5, 0.6) is 5.75 Å². The van der Waals surface area contributed by atoms with E-state index >= 15 is 0 Å². The first-order chi connectivity index (χ1) is 10.9. The molecule has 0 saturated heterocycles. The topological polar surface area (TPSA) is 55.4 Å². The Morgan fingerprint density at radius 1 is 1.04 bits per heavy atom. The Bertz CT molecular complexity index is 743. The van der Waals surface area contributed by atoms with Crippen molar-refractivity contribution in [2.45, 2.75) is 32.2 Å². The van der Waals surface area contributed by atoms with E-state index in [-0.39, 0.29) is 5.82 Å². The Hall–Kier alpha value is -1.92. The molecule has 0 radical (unpaired) electrons. The van der Waals surface area contributed by atoms with Crippen LogP contribution < -0.4 is 9.50 Å². The molecule has 2 aromatic carbocycles. The van der Waals surface area contributed by atoms with E-state index in [1.165, 1.54) is 12.1 Å². The van der Waals surface area contributed by atoms with Gasteiger partial charge in [-0.3, -0.25) is 0 Å². The molecule has 2 rings (SSSR count). The Morgan fingerprint density at radius 3 is 2.35 bits per heavy atom. The largest absolute Gasteiger partial charge is 0.382 e. The molecule has 2 aromatic rings. The lowest BCUT2D eigenvalue weighted by atomic mass is 10.2. The Morgan fingerprint density at radius 2 is 1.70 bits per heavy atom. The minimum atomic E-state index is -3.59. The first-order valence-electron chi connectivity index (χ1n) is 7.34. The van der Waals surface area contributed by atoms with Gasteiger partial charge in [0.25, 0.3) is 0 Å². The van der Waals surface area contributed by atoms with Crippen molar-refractivity contribution in [2.24, 2.45) is 0 Å². The molecule has 1 N–H and O–H groups in total. The Kier molecular flexibility index (Phi) is 5.74. The highest BCUT2D eigenvalue weighted by molar-refractivity contribution is 7.87. The van der Waals surface area contributed by atoms with E-state index in [0.29, 0.717) is 18.8 Å². The summed E-state index contributed by atoms with van der Waals surface area (Å²) in [6.07, 6.45) is 0. The Labute approximate surface area is 136 Å². The van der Waals surface area contributed by atoms with Crippen molar-refractivity contribution in [3.63, 3.8) is 0 Å². The average molecular weight is 337 g/mol. The quantitative estimate of drug-likeness (QED) is 0.788. The molecule has 23 heavy (non-hydrogen) atoms. The minimum Gasteiger partial charge on any atom is -0.382 e. The lowest BCUT2D eigenvalue weighted by Gasteiger charge is -2.11. The van der Waals surface area contributed by atoms with Gasteiger partial charge in [0, 0.05) is 13.1 Å². The van der Waals surface area contributed by atoms with Crippen LogP contribution in [0.3, 0.4) is 0 Å². The fourth-order valence-electron chi connectivity index (χ4n) is 1.89. The number of rotatable bonds is 7. The second kappa shape index (κ2) is 7.57. The molecule has 0 saturated carbocycles. The van der Waals surface area contributed by atoms with Crippen molar-refractivity contribution < 1.29 is 17.0 Å². The normalized spacial score (nSPS) is 11.7. The molecule has 0 unspecified atom stereocenters. The molecule has 0 spiro atoms. The van der Waals surface area contributed by atoms with Crippen molar-refractivity contribution in [3.05, 3.63) is 65.5 Å². The molecule has 0 bridgehead atoms. The third-order valence-electron chi connectivity index (χ3n) is 3.26. The highest BCUT2D eigenvalue weighted by Crippen LogP contribution is 2.17. The first-order valence-corrected chi connectivity index (χ1v) is 8.81. The summed E-state index contributed by atoms with van der Waals surface area (Å²) in [5, 5.41) is 2.63. The summed E-state index contributed by atoms with van der Waals surface area (Å²) >= 11 is 0. The summed E-state index contributed by atoms with van der Waals surface area (Å²) in [4.78, 5) is 0. The number of benzene rings is 2. The van der Waals surface area contributed by atoms with E-state index in [4.69, 9.17) is 4.18 Å². The molecule has 0 amide bonds. The third-order valence-corrected chi connectivity index (χ3v) is 4.84. The zero-order chi connectivity index (χ0) is 16.9. The van der Waals surface area contributed by atoms with Crippen molar-refractivity contribution in [2.75, 3.05) is 0 Å². The van der Waals surface area contributed by atoms with E-state index in [2.05, 4.69) is 5.32 Å². The molecule has 0 aromatic heterocycles. The predicted octanol–water partition coefficient (Wildman–Crippen LogP) is 3.23. The SMILES string of the molecule is CC(C)S(=O)(=O)Oc1cccc(CNCc2ccc(F)cc2)c1. The maximum Gasteiger partial charge on any atom is 0.311 e. The number of nitrogens with one attached hydrogen (secondary N) is 1. The molecule has 6 heteroatoms. The second-order valence-corrected chi connectivity index (χ2v) is 7.60. The van der Waals surface area contributed by atoms with Crippen LogP contribution in [0, 0.1) is 5.82 Å². The molecular formula is C17H20FNO3S. The van der Waals surface area contributed by atoms with Crippen LogP contribution in [0.2, 0.25) is 0 Å². The van der Waals surface area contributed by atoms with Crippen LogP contribution in [0.1, 0.15) is 25.0 Å². The summed E-state index contributed by atoms with van der Waals surface area (Å²) in [7, 11) is -3.59. The third kappa shape index (κ3) is 5.33. The van der Waals surface area contributed by atoms with Crippen LogP contribution in [-0.2, 0) is 23.2 Å². The van der Waals surface area contributed by atoms with E-state index in [9.17, 15) is 12.8 Å². The molecule has 0 aliphatic heterocycles. The maximum atomic E-state index is 12.8. The molecule has 4 nitrogen and oxygen atoms in total. The fourth-order valence-corrected chi connectivity index (χ4v) is 2.46. The zero-order valence-corrected chi connectivity index (χ0v) is 13.9. The van der Waals surface area contributed by atoms with E-state index in [1.807, 2.05) is 6.07 Å². The van der Waals surface area contributed by atoms with Crippen LogP contribution in [0.4, 0.5) is 4.39 Å². The van der Waals surface area contributed by atoms with E-state index in [1.54, 1.807) is 44.2 Å². The monoisotopic (exact) mass is 337 g/mol. The van der Waals surface area contributed by atoms with Gasteiger partial charge in [0.1, 0.15) is 11.6 Å². The highest BCUT2D eigenvalue weighted by atomic mass is 32.2. The first kappa shape index (κ1) is 17.4. The van der Waals surface area contributed by atoms with Crippen molar-refractivity contribution in [1.29, 1.82) is 0 Å². The van der Waals surface area contributed by atoms with Gasteiger partial charge in [-0.1, -0.05) is 24.3 Å². The Balaban J connectivity index is 1.93.